The Morgan fingerprint density at radius 1 is 1.19 bits per heavy atom. The minimum atomic E-state index is -0.281. The molecule has 1 fully saturated rings. The van der Waals surface area contributed by atoms with Crippen molar-refractivity contribution in [1.82, 2.24) is 19.7 Å². The van der Waals surface area contributed by atoms with Crippen LogP contribution < -0.4 is 0 Å². The van der Waals surface area contributed by atoms with Crippen molar-refractivity contribution >= 4 is 17.1 Å². The smallest absolute Gasteiger partial charge is 0.182 e. The Hall–Kier alpha value is -2.42. The van der Waals surface area contributed by atoms with Crippen LogP contribution in [0.1, 0.15) is 44.1 Å². The van der Waals surface area contributed by atoms with Crippen molar-refractivity contribution in [2.24, 2.45) is 0 Å². The molecule has 32 heavy (non-hydrogen) atoms. The third-order valence-corrected chi connectivity index (χ3v) is 6.40. The predicted octanol–water partition coefficient (Wildman–Crippen LogP) is 4.86. The summed E-state index contributed by atoms with van der Waals surface area (Å²) in [5.41, 5.74) is 2.82. The van der Waals surface area contributed by atoms with Crippen LogP contribution in [-0.2, 0) is 10.3 Å². The van der Waals surface area contributed by atoms with Gasteiger partial charge in [-0.25, -0.2) is 9.37 Å². The van der Waals surface area contributed by atoms with Gasteiger partial charge in [0.25, 0.3) is 0 Å². The van der Waals surface area contributed by atoms with E-state index in [9.17, 15) is 9.18 Å². The molecule has 0 amide bonds. The van der Waals surface area contributed by atoms with Gasteiger partial charge in [-0.1, -0.05) is 0 Å². The predicted molar refractivity (Wildman–Crippen MR) is 125 cm³/mol. The number of carbonyl (C=O) groups is 1. The van der Waals surface area contributed by atoms with Crippen LogP contribution >= 0.6 is 11.3 Å². The van der Waals surface area contributed by atoms with Crippen LogP contribution in [0.15, 0.2) is 35.8 Å². The Morgan fingerprint density at radius 3 is 2.59 bits per heavy atom. The van der Waals surface area contributed by atoms with E-state index >= 15 is 0 Å². The molecule has 170 valence electrons. The first-order valence-corrected chi connectivity index (χ1v) is 11.8. The van der Waals surface area contributed by atoms with E-state index in [1.807, 2.05) is 10.1 Å². The third-order valence-electron chi connectivity index (χ3n) is 5.52. The summed E-state index contributed by atoms with van der Waals surface area (Å²) in [6.45, 7) is 10.5. The summed E-state index contributed by atoms with van der Waals surface area (Å²) in [5, 5.41) is 7.18. The van der Waals surface area contributed by atoms with E-state index < -0.39 is 0 Å². The molecule has 8 heteroatoms. The molecule has 0 N–H and O–H groups in total. The Labute approximate surface area is 192 Å². The molecule has 4 rings (SSSR count). The summed E-state index contributed by atoms with van der Waals surface area (Å²) in [7, 11) is 0. The third kappa shape index (κ3) is 5.14. The first kappa shape index (κ1) is 22.8. The van der Waals surface area contributed by atoms with E-state index in [4.69, 9.17) is 4.74 Å². The van der Waals surface area contributed by atoms with Crippen LogP contribution in [0.2, 0.25) is 0 Å². The van der Waals surface area contributed by atoms with Gasteiger partial charge >= 0.3 is 0 Å². The molecule has 0 aliphatic carbocycles. The number of nitrogens with zero attached hydrogens (tertiary/aromatic N) is 4. The van der Waals surface area contributed by atoms with Gasteiger partial charge < -0.3 is 4.74 Å². The number of thiazole rings is 1. The van der Waals surface area contributed by atoms with Crippen LogP contribution in [0, 0.1) is 5.82 Å². The quantitative estimate of drug-likeness (QED) is 0.475. The molecule has 0 bridgehead atoms. The average Bonchev–Trinajstić information content (AvgIpc) is 3.42. The highest BCUT2D eigenvalue weighted by molar-refractivity contribution is 7.13. The number of ether oxygens (including phenoxy) is 1. The van der Waals surface area contributed by atoms with Gasteiger partial charge in [-0.3, -0.25) is 14.4 Å². The van der Waals surface area contributed by atoms with Crippen LogP contribution in [0.25, 0.3) is 21.8 Å². The van der Waals surface area contributed by atoms with Crippen LogP contribution in [-0.4, -0.2) is 58.3 Å². The average molecular weight is 457 g/mol. The van der Waals surface area contributed by atoms with Crippen LogP contribution in [0.5, 0.6) is 0 Å². The SMILES string of the molecule is CC(C)(C)n1ncc(-c2nc(C(=O)CCCN3CCOCC3)cs2)c1-c1ccc(F)cc1. The van der Waals surface area contributed by atoms with Gasteiger partial charge in [0.2, 0.25) is 0 Å². The molecule has 1 aliphatic heterocycles. The fourth-order valence-corrected chi connectivity index (χ4v) is 4.68. The van der Waals surface area contributed by atoms with Gasteiger partial charge in [-0.2, -0.15) is 5.10 Å². The second-order valence-corrected chi connectivity index (χ2v) is 9.87. The van der Waals surface area contributed by atoms with Gasteiger partial charge in [0.05, 0.1) is 36.2 Å². The normalized spacial score (nSPS) is 15.2. The molecule has 6 nitrogen and oxygen atoms in total. The fraction of sp³-hybridized carbons (Fsp3) is 0.458. The number of ketones is 1. The van der Waals surface area contributed by atoms with Crippen LogP contribution in [0.3, 0.4) is 0 Å². The van der Waals surface area contributed by atoms with E-state index in [0.29, 0.717) is 12.1 Å². The molecule has 0 saturated carbocycles. The first-order chi connectivity index (χ1) is 15.3. The number of Topliss-reactive ketones (excluding diaryl/α,β-unsaturated/α-hetero) is 1. The van der Waals surface area contributed by atoms with E-state index in [1.54, 1.807) is 18.3 Å². The fourth-order valence-electron chi connectivity index (χ4n) is 3.84. The number of morpholine rings is 1. The number of hydrogen-bond acceptors (Lipinski definition) is 6. The van der Waals surface area contributed by atoms with Crippen molar-refractivity contribution in [3.8, 4) is 21.8 Å². The van der Waals surface area contributed by atoms with Crippen molar-refractivity contribution in [2.45, 2.75) is 39.2 Å². The number of aromatic nitrogens is 3. The van der Waals surface area contributed by atoms with Crippen molar-refractivity contribution in [1.29, 1.82) is 0 Å². The summed E-state index contributed by atoms with van der Waals surface area (Å²) in [5.74, 6) is -0.219. The second kappa shape index (κ2) is 9.60. The second-order valence-electron chi connectivity index (χ2n) is 9.02. The van der Waals surface area contributed by atoms with Gasteiger partial charge in [0.1, 0.15) is 16.5 Å². The van der Waals surface area contributed by atoms with Crippen molar-refractivity contribution in [3.05, 3.63) is 47.4 Å². The Balaban J connectivity index is 1.54. The Kier molecular flexibility index (Phi) is 6.83. The number of halogens is 1. The Morgan fingerprint density at radius 2 is 1.91 bits per heavy atom. The van der Waals surface area contributed by atoms with Gasteiger partial charge in [-0.05, 0) is 58.0 Å². The lowest BCUT2D eigenvalue weighted by Crippen LogP contribution is -2.36. The molecule has 1 aliphatic rings. The standard InChI is InChI=1S/C24H29FN4O2S/c1-24(2,3)29-22(17-6-8-18(25)9-7-17)19(15-26-29)23-27-20(16-32-23)21(30)5-4-10-28-11-13-31-14-12-28/h6-9,15-16H,4-5,10-14H2,1-3H3. The highest BCUT2D eigenvalue weighted by Gasteiger charge is 2.25. The summed E-state index contributed by atoms with van der Waals surface area (Å²) >= 11 is 1.44. The zero-order chi connectivity index (χ0) is 22.7. The largest absolute Gasteiger partial charge is 0.379 e. The van der Waals surface area contributed by atoms with Gasteiger partial charge in [0.15, 0.2) is 5.78 Å². The highest BCUT2D eigenvalue weighted by Crippen LogP contribution is 2.36. The molecule has 1 saturated heterocycles. The lowest BCUT2D eigenvalue weighted by molar-refractivity contribution is 0.0371. The number of hydrogen-bond donors (Lipinski definition) is 0. The number of benzene rings is 1. The van der Waals surface area contributed by atoms with Gasteiger partial charge in [0, 0.05) is 30.5 Å². The minimum Gasteiger partial charge on any atom is -0.379 e. The van der Waals surface area contributed by atoms with E-state index in [1.165, 1.54) is 23.5 Å². The molecule has 3 heterocycles. The number of carbonyl (C=O) groups excluding carboxylic acids is 1. The van der Waals surface area contributed by atoms with Crippen molar-refractivity contribution in [2.75, 3.05) is 32.8 Å². The minimum absolute atomic E-state index is 0.0623. The molecule has 0 atom stereocenters. The zero-order valence-electron chi connectivity index (χ0n) is 18.8. The molecular formula is C24H29FN4O2S. The lowest BCUT2D eigenvalue weighted by atomic mass is 10.0. The summed E-state index contributed by atoms with van der Waals surface area (Å²) < 4.78 is 20.8. The topological polar surface area (TPSA) is 60.2 Å². The monoisotopic (exact) mass is 456 g/mol. The van der Waals surface area contributed by atoms with Gasteiger partial charge in [-0.15, -0.1) is 11.3 Å². The van der Waals surface area contributed by atoms with Crippen molar-refractivity contribution in [3.63, 3.8) is 0 Å². The molecule has 0 spiro atoms. The lowest BCUT2D eigenvalue weighted by Gasteiger charge is -2.26. The molecule has 1 aromatic carbocycles. The zero-order valence-corrected chi connectivity index (χ0v) is 19.6. The first-order valence-electron chi connectivity index (χ1n) is 11.0. The molecular weight excluding hydrogens is 427 g/mol. The molecule has 0 unspecified atom stereocenters. The molecule has 0 radical (unpaired) electrons. The maximum absolute atomic E-state index is 13.5. The summed E-state index contributed by atoms with van der Waals surface area (Å²) in [6.07, 6.45) is 3.08. The van der Waals surface area contributed by atoms with E-state index in [2.05, 4.69) is 35.8 Å². The van der Waals surface area contributed by atoms with E-state index in [0.717, 1.165) is 61.1 Å². The maximum Gasteiger partial charge on any atom is 0.182 e. The molecule has 3 aromatic rings. The van der Waals surface area contributed by atoms with Crippen LogP contribution in [0.4, 0.5) is 4.39 Å². The van der Waals surface area contributed by atoms with E-state index in [-0.39, 0.29) is 17.1 Å². The van der Waals surface area contributed by atoms with Crippen molar-refractivity contribution < 1.29 is 13.9 Å². The maximum atomic E-state index is 13.5. The summed E-state index contributed by atoms with van der Waals surface area (Å²) in [6, 6.07) is 6.40. The number of rotatable bonds is 7. The Bertz CT molecular complexity index is 1060. The highest BCUT2D eigenvalue weighted by atomic mass is 32.1. The summed E-state index contributed by atoms with van der Waals surface area (Å²) in [4.78, 5) is 19.7. The molecule has 2 aromatic heterocycles.